The van der Waals surface area contributed by atoms with E-state index in [1.54, 1.807) is 28.4 Å². The van der Waals surface area contributed by atoms with Gasteiger partial charge >= 0.3 is 0 Å². The van der Waals surface area contributed by atoms with Gasteiger partial charge in [-0.15, -0.1) is 0 Å². The van der Waals surface area contributed by atoms with Gasteiger partial charge < -0.3 is 18.9 Å². The van der Waals surface area contributed by atoms with Gasteiger partial charge in [-0.05, 0) is 35.1 Å². The molecule has 0 aliphatic carbocycles. The Morgan fingerprint density at radius 3 is 1.25 bits per heavy atom. The van der Waals surface area contributed by atoms with Crippen molar-refractivity contribution >= 4 is 0 Å². The molecule has 130 valence electrons. The van der Waals surface area contributed by atoms with Crippen molar-refractivity contribution in [1.82, 2.24) is 0 Å². The van der Waals surface area contributed by atoms with Crippen LogP contribution in [0.15, 0.2) is 36.4 Å². The van der Waals surface area contributed by atoms with Gasteiger partial charge in [0.05, 0.1) is 28.4 Å². The summed E-state index contributed by atoms with van der Waals surface area (Å²) in [5.74, 6) is 3.73. The van der Waals surface area contributed by atoms with E-state index in [2.05, 4.69) is 26.0 Å². The number of benzene rings is 2. The third-order valence-corrected chi connectivity index (χ3v) is 4.61. The fourth-order valence-electron chi connectivity index (χ4n) is 2.93. The van der Waals surface area contributed by atoms with E-state index in [4.69, 9.17) is 18.9 Å². The largest absolute Gasteiger partial charge is 0.497 e. The third-order valence-electron chi connectivity index (χ3n) is 4.61. The van der Waals surface area contributed by atoms with Gasteiger partial charge in [-0.25, -0.2) is 0 Å². The summed E-state index contributed by atoms with van der Waals surface area (Å²) in [4.78, 5) is 0. The van der Waals surface area contributed by atoms with Crippen LogP contribution in [-0.2, 0) is 0 Å². The predicted molar refractivity (Wildman–Crippen MR) is 95.9 cm³/mol. The van der Waals surface area contributed by atoms with Crippen LogP contribution in [0.3, 0.4) is 0 Å². The Morgan fingerprint density at radius 2 is 0.958 bits per heavy atom. The topological polar surface area (TPSA) is 36.9 Å². The lowest BCUT2D eigenvalue weighted by atomic mass is 9.83. The van der Waals surface area contributed by atoms with Gasteiger partial charge in [-0.2, -0.15) is 0 Å². The van der Waals surface area contributed by atoms with Gasteiger partial charge in [0, 0.05) is 12.1 Å². The van der Waals surface area contributed by atoms with Crippen molar-refractivity contribution in [2.24, 2.45) is 0 Å². The maximum atomic E-state index is 5.56. The molecule has 4 heteroatoms. The average Bonchev–Trinajstić information content (AvgIpc) is 2.65. The van der Waals surface area contributed by atoms with Crippen LogP contribution < -0.4 is 18.9 Å². The van der Waals surface area contributed by atoms with Gasteiger partial charge in [0.15, 0.2) is 0 Å². The summed E-state index contributed by atoms with van der Waals surface area (Å²) in [6.07, 6.45) is 0. The summed E-state index contributed by atoms with van der Waals surface area (Å²) in [7, 11) is 6.68. The monoisotopic (exact) mass is 330 g/mol. The molecule has 0 bridgehead atoms. The minimum absolute atomic E-state index is 0.244. The standard InChI is InChI=1S/C20H26O4/c1-13(17-9-7-15(21-3)11-19(17)23-5)14(2)18-10-8-16(22-4)12-20(18)24-6/h7-14H,1-6H3/t13-,14-/m1/s1. The molecule has 0 N–H and O–H groups in total. The zero-order chi connectivity index (χ0) is 17.7. The zero-order valence-electron chi connectivity index (χ0n) is 15.3. The Kier molecular flexibility index (Phi) is 5.96. The number of hydrogen-bond donors (Lipinski definition) is 0. The first-order chi connectivity index (χ1) is 11.5. The van der Waals surface area contributed by atoms with Crippen LogP contribution >= 0.6 is 0 Å². The molecule has 2 atom stereocenters. The van der Waals surface area contributed by atoms with Crippen LogP contribution in [-0.4, -0.2) is 28.4 Å². The minimum Gasteiger partial charge on any atom is -0.497 e. The van der Waals surface area contributed by atoms with Crippen LogP contribution in [0.2, 0.25) is 0 Å². The van der Waals surface area contributed by atoms with E-state index in [0.29, 0.717) is 0 Å². The number of rotatable bonds is 7. The Morgan fingerprint density at radius 1 is 0.583 bits per heavy atom. The molecule has 4 nitrogen and oxygen atoms in total. The highest BCUT2D eigenvalue weighted by atomic mass is 16.5. The van der Waals surface area contributed by atoms with Crippen LogP contribution in [0.1, 0.15) is 36.8 Å². The van der Waals surface area contributed by atoms with Crippen molar-refractivity contribution in [3.8, 4) is 23.0 Å². The Hall–Kier alpha value is -2.36. The van der Waals surface area contributed by atoms with Crippen molar-refractivity contribution in [2.45, 2.75) is 25.7 Å². The van der Waals surface area contributed by atoms with E-state index >= 15 is 0 Å². The van der Waals surface area contributed by atoms with E-state index in [9.17, 15) is 0 Å². The maximum absolute atomic E-state index is 5.56. The second-order valence-corrected chi connectivity index (χ2v) is 5.79. The molecular weight excluding hydrogens is 304 g/mol. The first kappa shape index (κ1) is 18.0. The van der Waals surface area contributed by atoms with E-state index in [0.717, 1.165) is 34.1 Å². The van der Waals surface area contributed by atoms with Crippen LogP contribution in [0.25, 0.3) is 0 Å². The number of hydrogen-bond acceptors (Lipinski definition) is 4. The van der Waals surface area contributed by atoms with Gasteiger partial charge in [0.2, 0.25) is 0 Å². The molecule has 0 radical (unpaired) electrons. The summed E-state index contributed by atoms with van der Waals surface area (Å²) in [6.45, 7) is 4.39. The van der Waals surface area contributed by atoms with Crippen molar-refractivity contribution < 1.29 is 18.9 Å². The molecule has 0 saturated heterocycles. The first-order valence-electron chi connectivity index (χ1n) is 7.99. The predicted octanol–water partition coefficient (Wildman–Crippen LogP) is 4.63. The van der Waals surface area contributed by atoms with Gasteiger partial charge in [0.25, 0.3) is 0 Å². The molecule has 0 heterocycles. The molecule has 2 aromatic carbocycles. The molecule has 2 aromatic rings. The molecule has 0 spiro atoms. The van der Waals surface area contributed by atoms with Crippen molar-refractivity contribution in [1.29, 1.82) is 0 Å². The Bertz CT molecular complexity index is 622. The molecule has 0 aromatic heterocycles. The molecule has 2 rings (SSSR count). The smallest absolute Gasteiger partial charge is 0.126 e. The highest BCUT2D eigenvalue weighted by Crippen LogP contribution is 2.42. The second-order valence-electron chi connectivity index (χ2n) is 5.79. The van der Waals surface area contributed by atoms with Crippen molar-refractivity contribution in [2.75, 3.05) is 28.4 Å². The molecule has 0 amide bonds. The zero-order valence-corrected chi connectivity index (χ0v) is 15.3. The number of ether oxygens (including phenoxy) is 4. The molecule has 0 saturated carbocycles. The average molecular weight is 330 g/mol. The molecular formula is C20H26O4. The summed E-state index contributed by atoms with van der Waals surface area (Å²) >= 11 is 0. The van der Waals surface area contributed by atoms with Crippen LogP contribution in [0, 0.1) is 0 Å². The fraction of sp³-hybridized carbons (Fsp3) is 0.400. The van der Waals surface area contributed by atoms with E-state index in [-0.39, 0.29) is 11.8 Å². The second kappa shape index (κ2) is 7.95. The van der Waals surface area contributed by atoms with Crippen LogP contribution in [0.4, 0.5) is 0 Å². The highest BCUT2D eigenvalue weighted by Gasteiger charge is 2.23. The molecule has 0 aliphatic rings. The lowest BCUT2D eigenvalue weighted by Crippen LogP contribution is -2.08. The normalized spacial score (nSPS) is 13.1. The highest BCUT2D eigenvalue weighted by molar-refractivity contribution is 5.47. The SMILES string of the molecule is COc1ccc([C@H](C)[C@@H](C)c2ccc(OC)cc2OC)c(OC)c1. The first-order valence-corrected chi connectivity index (χ1v) is 7.99. The van der Waals surface area contributed by atoms with Crippen molar-refractivity contribution in [3.05, 3.63) is 47.5 Å². The molecule has 0 fully saturated rings. The third kappa shape index (κ3) is 3.58. The summed E-state index contributed by atoms with van der Waals surface area (Å²) in [5, 5.41) is 0. The van der Waals surface area contributed by atoms with Gasteiger partial charge in [0.1, 0.15) is 23.0 Å². The van der Waals surface area contributed by atoms with Gasteiger partial charge in [-0.3, -0.25) is 0 Å². The van der Waals surface area contributed by atoms with E-state index < -0.39 is 0 Å². The maximum Gasteiger partial charge on any atom is 0.126 e. The molecule has 0 aliphatic heterocycles. The quantitative estimate of drug-likeness (QED) is 0.742. The lowest BCUT2D eigenvalue weighted by Gasteiger charge is -2.24. The van der Waals surface area contributed by atoms with Crippen molar-refractivity contribution in [3.63, 3.8) is 0 Å². The lowest BCUT2D eigenvalue weighted by molar-refractivity contribution is 0.381. The van der Waals surface area contributed by atoms with Crippen LogP contribution in [0.5, 0.6) is 23.0 Å². The minimum atomic E-state index is 0.244. The number of methoxy groups -OCH3 is 4. The molecule has 24 heavy (non-hydrogen) atoms. The molecule has 0 unspecified atom stereocenters. The van der Waals surface area contributed by atoms with E-state index in [1.807, 2.05) is 24.3 Å². The summed E-state index contributed by atoms with van der Waals surface area (Å²) < 4.78 is 21.7. The van der Waals surface area contributed by atoms with Gasteiger partial charge in [-0.1, -0.05) is 26.0 Å². The van der Waals surface area contributed by atoms with E-state index in [1.165, 1.54) is 0 Å². The summed E-state index contributed by atoms with van der Waals surface area (Å²) in [5.41, 5.74) is 2.28. The fourth-order valence-corrected chi connectivity index (χ4v) is 2.93. The Labute approximate surface area is 144 Å². The summed E-state index contributed by atoms with van der Waals surface area (Å²) in [6, 6.07) is 11.9. The Balaban J connectivity index is 2.37.